The number of nitrogens with two attached hydrogens (primary N) is 1. The van der Waals surface area contributed by atoms with Crippen LogP contribution >= 0.6 is 11.6 Å². The maximum Gasteiger partial charge on any atom is 0.420 e. The van der Waals surface area contributed by atoms with Crippen molar-refractivity contribution >= 4 is 11.6 Å². The van der Waals surface area contributed by atoms with Gasteiger partial charge >= 0.3 is 6.18 Å². The molecule has 0 bridgehead atoms. The van der Waals surface area contributed by atoms with Gasteiger partial charge in [0, 0.05) is 5.54 Å². The molecule has 1 aromatic rings. The zero-order chi connectivity index (χ0) is 15.0. The third kappa shape index (κ3) is 2.88. The summed E-state index contributed by atoms with van der Waals surface area (Å²) in [5, 5.41) is -0.0484. The first kappa shape index (κ1) is 15.4. The fourth-order valence-electron chi connectivity index (χ4n) is 2.77. The van der Waals surface area contributed by atoms with Gasteiger partial charge in [0.2, 0.25) is 0 Å². The van der Waals surface area contributed by atoms with Crippen LogP contribution in [0.1, 0.15) is 43.2 Å². The second kappa shape index (κ2) is 5.45. The van der Waals surface area contributed by atoms with E-state index in [0.29, 0.717) is 18.4 Å². The summed E-state index contributed by atoms with van der Waals surface area (Å²) in [6.45, 7) is 0. The van der Waals surface area contributed by atoms with Gasteiger partial charge in [0.15, 0.2) is 0 Å². The second-order valence-electron chi connectivity index (χ2n) is 5.25. The Bertz CT molecular complexity index is 496. The Balaban J connectivity index is 2.53. The van der Waals surface area contributed by atoms with Crippen molar-refractivity contribution in [3.05, 3.63) is 28.3 Å². The quantitative estimate of drug-likeness (QED) is 0.874. The van der Waals surface area contributed by atoms with Crippen molar-refractivity contribution in [1.82, 2.24) is 0 Å². The number of rotatable bonds is 2. The molecular weight excluding hydrogens is 291 g/mol. The van der Waals surface area contributed by atoms with E-state index in [4.69, 9.17) is 22.1 Å². The molecule has 112 valence electrons. The third-order valence-corrected chi connectivity index (χ3v) is 4.15. The fourth-order valence-corrected chi connectivity index (χ4v) is 3.07. The lowest BCUT2D eigenvalue weighted by Gasteiger charge is -2.34. The summed E-state index contributed by atoms with van der Waals surface area (Å²) in [4.78, 5) is 0. The molecule has 0 aliphatic heterocycles. The van der Waals surface area contributed by atoms with Gasteiger partial charge in [-0.3, -0.25) is 0 Å². The van der Waals surface area contributed by atoms with Crippen molar-refractivity contribution in [3.8, 4) is 5.75 Å². The minimum atomic E-state index is -4.52. The molecule has 1 aliphatic carbocycles. The van der Waals surface area contributed by atoms with Gasteiger partial charge in [-0.1, -0.05) is 30.9 Å². The van der Waals surface area contributed by atoms with Gasteiger partial charge in [-0.05, 0) is 30.5 Å². The van der Waals surface area contributed by atoms with Crippen LogP contribution in [0.5, 0.6) is 5.75 Å². The highest BCUT2D eigenvalue weighted by atomic mass is 35.5. The van der Waals surface area contributed by atoms with E-state index in [1.54, 1.807) is 0 Å². The number of ether oxygens (including phenoxy) is 1. The first-order valence-electron chi connectivity index (χ1n) is 6.52. The molecule has 1 saturated carbocycles. The Morgan fingerprint density at radius 1 is 1.20 bits per heavy atom. The molecule has 1 aromatic carbocycles. The minimum Gasteiger partial charge on any atom is -0.495 e. The highest BCUT2D eigenvalue weighted by Gasteiger charge is 2.38. The van der Waals surface area contributed by atoms with Gasteiger partial charge in [-0.25, -0.2) is 0 Å². The molecule has 1 aliphatic rings. The molecule has 1 fully saturated rings. The molecular formula is C14H17ClF3NO. The molecule has 0 aromatic heterocycles. The lowest BCUT2D eigenvalue weighted by atomic mass is 9.77. The van der Waals surface area contributed by atoms with Crippen LogP contribution in [0.25, 0.3) is 0 Å². The molecule has 0 spiro atoms. The number of benzene rings is 1. The molecule has 0 amide bonds. The summed E-state index contributed by atoms with van der Waals surface area (Å²) >= 11 is 5.94. The Labute approximate surface area is 121 Å². The van der Waals surface area contributed by atoms with Crippen molar-refractivity contribution in [3.63, 3.8) is 0 Å². The monoisotopic (exact) mass is 307 g/mol. The van der Waals surface area contributed by atoms with E-state index < -0.39 is 17.3 Å². The van der Waals surface area contributed by atoms with Gasteiger partial charge < -0.3 is 10.5 Å². The van der Waals surface area contributed by atoms with Gasteiger partial charge in [0.1, 0.15) is 5.75 Å². The molecule has 0 heterocycles. The van der Waals surface area contributed by atoms with E-state index in [-0.39, 0.29) is 10.8 Å². The van der Waals surface area contributed by atoms with Gasteiger partial charge in [-0.15, -0.1) is 0 Å². The molecule has 2 rings (SSSR count). The van der Waals surface area contributed by atoms with Crippen LogP contribution < -0.4 is 10.5 Å². The van der Waals surface area contributed by atoms with E-state index in [1.807, 2.05) is 0 Å². The zero-order valence-electron chi connectivity index (χ0n) is 11.2. The topological polar surface area (TPSA) is 35.2 Å². The van der Waals surface area contributed by atoms with E-state index in [0.717, 1.165) is 25.3 Å². The average Bonchev–Trinajstić information content (AvgIpc) is 2.37. The number of hydrogen-bond donors (Lipinski definition) is 1. The summed E-state index contributed by atoms with van der Waals surface area (Å²) in [7, 11) is 1.18. The average molecular weight is 308 g/mol. The van der Waals surface area contributed by atoms with Crippen LogP contribution in [0, 0.1) is 0 Å². The number of alkyl halides is 3. The standard InChI is InChI=1S/C14H17ClF3NO/c1-20-12-10(14(16,17)18)7-9(8-11(12)15)13(19)5-3-2-4-6-13/h7-8H,2-6,19H2,1H3. The van der Waals surface area contributed by atoms with Crippen LogP contribution in [-0.2, 0) is 11.7 Å². The highest BCUT2D eigenvalue weighted by molar-refractivity contribution is 6.32. The maximum absolute atomic E-state index is 13.1. The Hall–Kier alpha value is -0.940. The van der Waals surface area contributed by atoms with E-state index in [2.05, 4.69) is 0 Å². The largest absolute Gasteiger partial charge is 0.495 e. The van der Waals surface area contributed by atoms with E-state index in [1.165, 1.54) is 13.2 Å². The van der Waals surface area contributed by atoms with Crippen molar-refractivity contribution in [2.45, 2.75) is 43.8 Å². The molecule has 0 saturated heterocycles. The number of hydrogen-bond acceptors (Lipinski definition) is 2. The maximum atomic E-state index is 13.1. The van der Waals surface area contributed by atoms with Crippen molar-refractivity contribution < 1.29 is 17.9 Å². The van der Waals surface area contributed by atoms with Gasteiger partial charge in [-0.2, -0.15) is 13.2 Å². The predicted molar refractivity (Wildman–Crippen MR) is 72.0 cm³/mol. The highest BCUT2D eigenvalue weighted by Crippen LogP contribution is 2.44. The molecule has 0 radical (unpaired) electrons. The Morgan fingerprint density at radius 3 is 2.30 bits per heavy atom. The Morgan fingerprint density at radius 2 is 1.80 bits per heavy atom. The van der Waals surface area contributed by atoms with E-state index >= 15 is 0 Å². The summed E-state index contributed by atoms with van der Waals surface area (Å²) in [5.74, 6) is -0.345. The number of methoxy groups -OCH3 is 1. The van der Waals surface area contributed by atoms with Crippen molar-refractivity contribution in [1.29, 1.82) is 0 Å². The van der Waals surface area contributed by atoms with Crippen molar-refractivity contribution in [2.24, 2.45) is 5.73 Å². The summed E-state index contributed by atoms with van der Waals surface area (Å²) < 4.78 is 44.1. The third-order valence-electron chi connectivity index (χ3n) is 3.87. The van der Waals surface area contributed by atoms with Crippen LogP contribution in [0.2, 0.25) is 5.02 Å². The molecule has 2 N–H and O–H groups in total. The predicted octanol–water partition coefficient (Wildman–Crippen LogP) is 4.49. The smallest absolute Gasteiger partial charge is 0.420 e. The summed E-state index contributed by atoms with van der Waals surface area (Å²) in [5.41, 5.74) is 5.14. The minimum absolute atomic E-state index is 0.0484. The summed E-state index contributed by atoms with van der Waals surface area (Å²) in [6.07, 6.45) is -0.270. The van der Waals surface area contributed by atoms with Crippen LogP contribution in [0.4, 0.5) is 13.2 Å². The van der Waals surface area contributed by atoms with Crippen LogP contribution in [0.15, 0.2) is 12.1 Å². The normalized spacial score (nSPS) is 18.9. The lowest BCUT2D eigenvalue weighted by Crippen LogP contribution is -2.38. The first-order chi connectivity index (χ1) is 9.28. The summed E-state index contributed by atoms with van der Waals surface area (Å²) in [6, 6.07) is 2.58. The van der Waals surface area contributed by atoms with Crippen LogP contribution in [-0.4, -0.2) is 7.11 Å². The van der Waals surface area contributed by atoms with E-state index in [9.17, 15) is 13.2 Å². The molecule has 6 heteroatoms. The Kier molecular flexibility index (Phi) is 4.21. The second-order valence-corrected chi connectivity index (χ2v) is 5.66. The SMILES string of the molecule is COc1c(Cl)cc(C2(N)CCCCC2)cc1C(F)(F)F. The molecule has 0 atom stereocenters. The fraction of sp³-hybridized carbons (Fsp3) is 0.571. The van der Waals surface area contributed by atoms with Crippen molar-refractivity contribution in [2.75, 3.05) is 7.11 Å². The molecule has 20 heavy (non-hydrogen) atoms. The van der Waals surface area contributed by atoms with Gasteiger partial charge in [0.25, 0.3) is 0 Å². The molecule has 0 unspecified atom stereocenters. The number of halogens is 4. The first-order valence-corrected chi connectivity index (χ1v) is 6.90. The van der Waals surface area contributed by atoms with Gasteiger partial charge in [0.05, 0.1) is 17.7 Å². The lowest BCUT2D eigenvalue weighted by molar-refractivity contribution is -0.138. The van der Waals surface area contributed by atoms with Crippen LogP contribution in [0.3, 0.4) is 0 Å². The molecule has 2 nitrogen and oxygen atoms in total. The zero-order valence-corrected chi connectivity index (χ0v) is 11.9.